The molecule has 0 saturated carbocycles. The molecule has 1 saturated heterocycles. The molecule has 2 heterocycles. The van der Waals surface area contributed by atoms with E-state index >= 15 is 0 Å². The van der Waals surface area contributed by atoms with Gasteiger partial charge in [-0.05, 0) is 26.0 Å². The van der Waals surface area contributed by atoms with Gasteiger partial charge in [0.1, 0.15) is 5.52 Å². The van der Waals surface area contributed by atoms with Gasteiger partial charge in [0.2, 0.25) is 0 Å². The summed E-state index contributed by atoms with van der Waals surface area (Å²) in [6.45, 7) is 6.61. The summed E-state index contributed by atoms with van der Waals surface area (Å²) in [5, 5.41) is 12.3. The Hall–Kier alpha value is -1.79. The molecule has 2 aromatic rings. The average Bonchev–Trinajstić information content (AvgIpc) is 2.41. The van der Waals surface area contributed by atoms with Crippen molar-refractivity contribution >= 4 is 10.9 Å². The van der Waals surface area contributed by atoms with Gasteiger partial charge in [-0.1, -0.05) is 17.3 Å². The van der Waals surface area contributed by atoms with Crippen LogP contribution in [0.3, 0.4) is 0 Å². The van der Waals surface area contributed by atoms with Crippen LogP contribution < -0.4 is 10.9 Å². The van der Waals surface area contributed by atoms with Gasteiger partial charge in [0, 0.05) is 25.2 Å². The number of hydrogen-bond donors (Lipinski definition) is 1. The monoisotopic (exact) mass is 273 g/mol. The Kier molecular flexibility index (Phi) is 3.50. The van der Waals surface area contributed by atoms with Crippen molar-refractivity contribution in [1.82, 2.24) is 25.2 Å². The van der Waals surface area contributed by atoms with Crippen LogP contribution in [0.15, 0.2) is 29.1 Å². The third kappa shape index (κ3) is 2.57. The van der Waals surface area contributed by atoms with Crippen molar-refractivity contribution in [2.45, 2.75) is 32.6 Å². The lowest BCUT2D eigenvalue weighted by Gasteiger charge is -2.35. The van der Waals surface area contributed by atoms with Gasteiger partial charge in [-0.25, -0.2) is 0 Å². The van der Waals surface area contributed by atoms with Crippen LogP contribution in [0.2, 0.25) is 0 Å². The summed E-state index contributed by atoms with van der Waals surface area (Å²) in [6, 6.07) is 8.16. The average molecular weight is 273 g/mol. The van der Waals surface area contributed by atoms with Gasteiger partial charge < -0.3 is 5.32 Å². The minimum atomic E-state index is -0.0746. The minimum absolute atomic E-state index is 0.0746. The number of aromatic nitrogens is 3. The Bertz CT molecular complexity index is 658. The SMILES string of the molecule is CC1CN(Cn2nnc3ccccc3c2=O)CC(C)N1. The number of piperazine rings is 1. The van der Waals surface area contributed by atoms with E-state index in [1.165, 1.54) is 4.68 Å². The number of benzene rings is 1. The van der Waals surface area contributed by atoms with E-state index in [1.807, 2.05) is 18.2 Å². The normalized spacial score (nSPS) is 24.1. The molecule has 1 fully saturated rings. The molecule has 1 N–H and O–H groups in total. The van der Waals surface area contributed by atoms with E-state index in [2.05, 4.69) is 34.4 Å². The van der Waals surface area contributed by atoms with E-state index in [9.17, 15) is 4.79 Å². The Balaban J connectivity index is 1.87. The molecule has 0 aliphatic carbocycles. The molecule has 1 aromatic carbocycles. The number of rotatable bonds is 2. The highest BCUT2D eigenvalue weighted by atomic mass is 16.1. The van der Waals surface area contributed by atoms with Crippen molar-refractivity contribution in [2.75, 3.05) is 13.1 Å². The van der Waals surface area contributed by atoms with Crippen LogP contribution in [0.4, 0.5) is 0 Å². The van der Waals surface area contributed by atoms with Gasteiger partial charge in [-0.3, -0.25) is 9.69 Å². The minimum Gasteiger partial charge on any atom is -0.309 e. The number of fused-ring (bicyclic) bond motifs is 1. The molecule has 2 unspecified atom stereocenters. The van der Waals surface area contributed by atoms with Crippen LogP contribution >= 0.6 is 0 Å². The van der Waals surface area contributed by atoms with Gasteiger partial charge in [-0.15, -0.1) is 5.10 Å². The van der Waals surface area contributed by atoms with Crippen LogP contribution in [-0.4, -0.2) is 45.1 Å². The van der Waals surface area contributed by atoms with Crippen molar-refractivity contribution in [2.24, 2.45) is 0 Å². The molecular formula is C14H19N5O. The second-order valence-electron chi connectivity index (χ2n) is 5.56. The van der Waals surface area contributed by atoms with E-state index in [1.54, 1.807) is 6.07 Å². The number of hydrogen-bond acceptors (Lipinski definition) is 5. The van der Waals surface area contributed by atoms with Crippen LogP contribution in [-0.2, 0) is 6.67 Å². The van der Waals surface area contributed by atoms with Gasteiger partial charge >= 0.3 is 0 Å². The molecule has 106 valence electrons. The predicted octanol–water partition coefficient (Wildman–Crippen LogP) is 0.431. The fourth-order valence-corrected chi connectivity index (χ4v) is 2.86. The van der Waals surface area contributed by atoms with Gasteiger partial charge in [0.25, 0.3) is 5.56 Å². The van der Waals surface area contributed by atoms with Crippen molar-refractivity contribution in [3.05, 3.63) is 34.6 Å². The van der Waals surface area contributed by atoms with E-state index in [-0.39, 0.29) is 5.56 Å². The molecule has 0 radical (unpaired) electrons. The maximum atomic E-state index is 12.4. The highest BCUT2D eigenvalue weighted by Gasteiger charge is 2.21. The topological polar surface area (TPSA) is 63.1 Å². The van der Waals surface area contributed by atoms with Gasteiger partial charge in [-0.2, -0.15) is 4.68 Å². The maximum Gasteiger partial charge on any atom is 0.278 e. The summed E-state index contributed by atoms with van der Waals surface area (Å²) < 4.78 is 1.45. The Morgan fingerprint density at radius 1 is 1.25 bits per heavy atom. The first kappa shape index (κ1) is 13.2. The molecule has 1 aromatic heterocycles. The summed E-state index contributed by atoms with van der Waals surface area (Å²) >= 11 is 0. The summed E-state index contributed by atoms with van der Waals surface area (Å²) in [5.41, 5.74) is 0.574. The van der Waals surface area contributed by atoms with Crippen LogP contribution in [0.25, 0.3) is 10.9 Å². The van der Waals surface area contributed by atoms with Gasteiger partial charge in [0.15, 0.2) is 0 Å². The van der Waals surface area contributed by atoms with Crippen LogP contribution in [0.5, 0.6) is 0 Å². The fourth-order valence-electron chi connectivity index (χ4n) is 2.86. The summed E-state index contributed by atoms with van der Waals surface area (Å²) in [6.07, 6.45) is 0. The summed E-state index contributed by atoms with van der Waals surface area (Å²) in [5.74, 6) is 0. The van der Waals surface area contributed by atoms with E-state index in [4.69, 9.17) is 0 Å². The second-order valence-corrected chi connectivity index (χ2v) is 5.56. The molecular weight excluding hydrogens is 254 g/mol. The zero-order valence-corrected chi connectivity index (χ0v) is 11.8. The standard InChI is InChI=1S/C14H19N5O/c1-10-7-18(8-11(2)15-10)9-19-14(20)12-5-3-4-6-13(12)16-17-19/h3-6,10-11,15H,7-9H2,1-2H3. The van der Waals surface area contributed by atoms with Crippen molar-refractivity contribution in [1.29, 1.82) is 0 Å². The second kappa shape index (κ2) is 5.30. The lowest BCUT2D eigenvalue weighted by atomic mass is 10.1. The Morgan fingerprint density at radius 3 is 2.70 bits per heavy atom. The zero-order valence-electron chi connectivity index (χ0n) is 11.8. The number of nitrogens with one attached hydrogen (secondary N) is 1. The lowest BCUT2D eigenvalue weighted by molar-refractivity contribution is 0.127. The Morgan fingerprint density at radius 2 is 1.95 bits per heavy atom. The van der Waals surface area contributed by atoms with Crippen LogP contribution in [0, 0.1) is 0 Å². The first-order valence-corrected chi connectivity index (χ1v) is 6.94. The third-order valence-electron chi connectivity index (χ3n) is 3.60. The Labute approximate surface area is 117 Å². The molecule has 1 aliphatic heterocycles. The van der Waals surface area contributed by atoms with Crippen LogP contribution in [0.1, 0.15) is 13.8 Å². The molecule has 6 nitrogen and oxygen atoms in total. The molecule has 2 atom stereocenters. The number of nitrogens with zero attached hydrogens (tertiary/aromatic N) is 4. The smallest absolute Gasteiger partial charge is 0.278 e. The molecule has 0 amide bonds. The summed E-state index contributed by atoms with van der Waals surface area (Å²) in [4.78, 5) is 14.6. The fraction of sp³-hybridized carbons (Fsp3) is 0.500. The summed E-state index contributed by atoms with van der Waals surface area (Å²) in [7, 11) is 0. The third-order valence-corrected chi connectivity index (χ3v) is 3.60. The van der Waals surface area contributed by atoms with Crippen molar-refractivity contribution in [3.8, 4) is 0 Å². The highest BCUT2D eigenvalue weighted by molar-refractivity contribution is 5.76. The highest BCUT2D eigenvalue weighted by Crippen LogP contribution is 2.06. The van der Waals surface area contributed by atoms with E-state index < -0.39 is 0 Å². The molecule has 3 rings (SSSR count). The molecule has 1 aliphatic rings. The van der Waals surface area contributed by atoms with Crippen molar-refractivity contribution in [3.63, 3.8) is 0 Å². The zero-order chi connectivity index (χ0) is 14.1. The molecule has 6 heteroatoms. The van der Waals surface area contributed by atoms with E-state index in [0.29, 0.717) is 29.7 Å². The van der Waals surface area contributed by atoms with Crippen molar-refractivity contribution < 1.29 is 0 Å². The van der Waals surface area contributed by atoms with Gasteiger partial charge in [0.05, 0.1) is 12.1 Å². The first-order chi connectivity index (χ1) is 9.63. The quantitative estimate of drug-likeness (QED) is 0.860. The largest absolute Gasteiger partial charge is 0.309 e. The lowest BCUT2D eigenvalue weighted by Crippen LogP contribution is -2.55. The molecule has 0 bridgehead atoms. The maximum absolute atomic E-state index is 12.4. The predicted molar refractivity (Wildman–Crippen MR) is 77.4 cm³/mol. The first-order valence-electron chi connectivity index (χ1n) is 6.94. The molecule has 20 heavy (non-hydrogen) atoms. The molecule has 0 spiro atoms. The van der Waals surface area contributed by atoms with E-state index in [0.717, 1.165) is 13.1 Å².